The molecule has 0 fully saturated rings. The lowest BCUT2D eigenvalue weighted by Gasteiger charge is -2.14. The number of nitrogens with two attached hydrogens (primary N) is 1. The van der Waals surface area contributed by atoms with Crippen molar-refractivity contribution in [3.8, 4) is 0 Å². The number of nitro groups is 1. The fourth-order valence-electron chi connectivity index (χ4n) is 1.44. The van der Waals surface area contributed by atoms with E-state index in [1.54, 1.807) is 6.92 Å². The first-order chi connectivity index (χ1) is 8.81. The maximum Gasteiger partial charge on any atom is 0.292 e. The number of sulfonamides is 1. The molecule has 0 saturated heterocycles. The van der Waals surface area contributed by atoms with E-state index < -0.39 is 37.4 Å². The molecule has 1 aromatic carbocycles. The lowest BCUT2D eigenvalue weighted by atomic mass is 10.2. The van der Waals surface area contributed by atoms with Crippen molar-refractivity contribution in [2.45, 2.75) is 24.3 Å². The molecule has 0 heterocycles. The zero-order valence-corrected chi connectivity index (χ0v) is 11.0. The molecule has 0 radical (unpaired) electrons. The lowest BCUT2D eigenvalue weighted by Crippen LogP contribution is -2.39. The molecule has 0 spiro atoms. The summed E-state index contributed by atoms with van der Waals surface area (Å²) in [6.45, 7) is 1.78. The highest BCUT2D eigenvalue weighted by Crippen LogP contribution is 2.24. The van der Waals surface area contributed by atoms with E-state index in [9.17, 15) is 22.9 Å². The highest BCUT2D eigenvalue weighted by atomic mass is 32.2. The van der Waals surface area contributed by atoms with Gasteiger partial charge in [-0.3, -0.25) is 10.1 Å². The first kappa shape index (κ1) is 15.5. The van der Waals surface area contributed by atoms with Gasteiger partial charge in [0, 0.05) is 12.6 Å². The first-order valence-corrected chi connectivity index (χ1v) is 6.96. The molecule has 0 aliphatic rings. The van der Waals surface area contributed by atoms with Crippen molar-refractivity contribution in [3.05, 3.63) is 34.1 Å². The van der Waals surface area contributed by atoms with Crippen LogP contribution in [0.15, 0.2) is 23.1 Å². The number of benzene rings is 1. The van der Waals surface area contributed by atoms with Crippen LogP contribution in [0.1, 0.15) is 13.3 Å². The van der Waals surface area contributed by atoms with Gasteiger partial charge in [0.05, 0.1) is 11.0 Å². The van der Waals surface area contributed by atoms with Crippen molar-refractivity contribution in [2.24, 2.45) is 5.73 Å². The van der Waals surface area contributed by atoms with Gasteiger partial charge in [0.15, 0.2) is 4.90 Å². The van der Waals surface area contributed by atoms with Gasteiger partial charge in [-0.15, -0.1) is 0 Å². The van der Waals surface area contributed by atoms with Crippen molar-refractivity contribution < 1.29 is 17.7 Å². The van der Waals surface area contributed by atoms with Crippen LogP contribution >= 0.6 is 0 Å². The average molecular weight is 291 g/mol. The third-order valence-corrected chi connectivity index (χ3v) is 4.07. The van der Waals surface area contributed by atoms with E-state index in [1.807, 2.05) is 0 Å². The van der Waals surface area contributed by atoms with Gasteiger partial charge >= 0.3 is 0 Å². The largest absolute Gasteiger partial charge is 0.329 e. The molecule has 1 unspecified atom stereocenters. The maximum absolute atomic E-state index is 13.0. The maximum atomic E-state index is 13.0. The summed E-state index contributed by atoms with van der Waals surface area (Å²) < 4.78 is 39.2. The molecule has 0 amide bonds. The second kappa shape index (κ2) is 6.04. The van der Waals surface area contributed by atoms with Crippen LogP contribution in [0.3, 0.4) is 0 Å². The van der Waals surface area contributed by atoms with Gasteiger partial charge in [-0.25, -0.2) is 17.5 Å². The molecule has 0 aromatic heterocycles. The Bertz CT molecular complexity index is 572. The zero-order valence-electron chi connectivity index (χ0n) is 10.2. The van der Waals surface area contributed by atoms with E-state index in [4.69, 9.17) is 5.73 Å². The van der Waals surface area contributed by atoms with Crippen LogP contribution in [0.4, 0.5) is 10.1 Å². The fourth-order valence-corrected chi connectivity index (χ4v) is 2.93. The van der Waals surface area contributed by atoms with Crippen molar-refractivity contribution in [3.63, 3.8) is 0 Å². The molecular formula is C10H14FN3O4S. The minimum atomic E-state index is -4.11. The molecule has 7 nitrogen and oxygen atoms in total. The Morgan fingerprint density at radius 2 is 2.16 bits per heavy atom. The third-order valence-electron chi connectivity index (χ3n) is 2.51. The van der Waals surface area contributed by atoms with E-state index in [1.165, 1.54) is 0 Å². The van der Waals surface area contributed by atoms with Crippen LogP contribution in [-0.4, -0.2) is 25.9 Å². The minimum Gasteiger partial charge on any atom is -0.329 e. The number of nitro benzene ring substituents is 1. The topological polar surface area (TPSA) is 115 Å². The normalized spacial score (nSPS) is 13.2. The van der Waals surface area contributed by atoms with Gasteiger partial charge in [0.2, 0.25) is 10.0 Å². The van der Waals surface area contributed by atoms with E-state index in [-0.39, 0.29) is 6.54 Å². The Balaban J connectivity index is 3.25. The minimum absolute atomic E-state index is 0.0602. The molecule has 1 aromatic rings. The molecule has 1 atom stereocenters. The summed E-state index contributed by atoms with van der Waals surface area (Å²) in [4.78, 5) is 9.25. The van der Waals surface area contributed by atoms with E-state index in [0.717, 1.165) is 12.1 Å². The summed E-state index contributed by atoms with van der Waals surface area (Å²) in [6.07, 6.45) is 0.435. The highest BCUT2D eigenvalue weighted by molar-refractivity contribution is 7.89. The number of halogens is 1. The summed E-state index contributed by atoms with van der Waals surface area (Å²) >= 11 is 0. The second-order valence-electron chi connectivity index (χ2n) is 3.83. The molecule has 19 heavy (non-hydrogen) atoms. The van der Waals surface area contributed by atoms with Crippen LogP contribution in [0.2, 0.25) is 0 Å². The second-order valence-corrected chi connectivity index (χ2v) is 5.51. The predicted octanol–water partition coefficient (Wildman–Crippen LogP) is 0.750. The van der Waals surface area contributed by atoms with Crippen LogP contribution in [0, 0.1) is 15.9 Å². The first-order valence-electron chi connectivity index (χ1n) is 5.48. The Morgan fingerprint density at radius 1 is 1.53 bits per heavy atom. The molecule has 9 heteroatoms. The van der Waals surface area contributed by atoms with Crippen LogP contribution < -0.4 is 10.5 Å². The van der Waals surface area contributed by atoms with Crippen molar-refractivity contribution >= 4 is 15.7 Å². The van der Waals surface area contributed by atoms with Gasteiger partial charge in [-0.2, -0.15) is 0 Å². The van der Waals surface area contributed by atoms with Gasteiger partial charge in [0.25, 0.3) is 5.69 Å². The number of hydrogen-bond donors (Lipinski definition) is 2. The lowest BCUT2D eigenvalue weighted by molar-refractivity contribution is -0.388. The van der Waals surface area contributed by atoms with Crippen LogP contribution in [0.25, 0.3) is 0 Å². The Labute approximate surface area is 109 Å². The van der Waals surface area contributed by atoms with Crippen molar-refractivity contribution in [1.82, 2.24) is 4.72 Å². The molecule has 3 N–H and O–H groups in total. The molecule has 1 rings (SSSR count). The van der Waals surface area contributed by atoms with Crippen molar-refractivity contribution in [1.29, 1.82) is 0 Å². The van der Waals surface area contributed by atoms with Crippen LogP contribution in [-0.2, 0) is 10.0 Å². The molecule has 106 valence electrons. The van der Waals surface area contributed by atoms with Gasteiger partial charge < -0.3 is 5.73 Å². The molecule has 0 aliphatic heterocycles. The zero-order chi connectivity index (χ0) is 14.6. The molecule has 0 bridgehead atoms. The summed E-state index contributed by atoms with van der Waals surface area (Å²) in [6, 6.07) is 1.75. The number of hydrogen-bond acceptors (Lipinski definition) is 5. The molecule has 0 saturated carbocycles. The highest BCUT2D eigenvalue weighted by Gasteiger charge is 2.27. The van der Waals surface area contributed by atoms with Gasteiger partial charge in [0.1, 0.15) is 5.82 Å². The summed E-state index contributed by atoms with van der Waals surface area (Å²) in [5, 5.41) is 10.8. The number of nitrogens with zero attached hydrogens (tertiary/aromatic N) is 1. The molecular weight excluding hydrogens is 277 g/mol. The smallest absolute Gasteiger partial charge is 0.292 e. The molecule has 0 aliphatic carbocycles. The average Bonchev–Trinajstić information content (AvgIpc) is 2.35. The van der Waals surface area contributed by atoms with Gasteiger partial charge in [-0.1, -0.05) is 6.92 Å². The Hall–Kier alpha value is -1.58. The summed E-state index contributed by atoms with van der Waals surface area (Å²) in [7, 11) is -4.11. The summed E-state index contributed by atoms with van der Waals surface area (Å²) in [5.41, 5.74) is 4.56. The van der Waals surface area contributed by atoms with Gasteiger partial charge in [-0.05, 0) is 18.6 Å². The Morgan fingerprint density at radius 3 is 2.63 bits per heavy atom. The Kier molecular flexibility index (Phi) is 4.92. The summed E-state index contributed by atoms with van der Waals surface area (Å²) in [5.74, 6) is -0.878. The van der Waals surface area contributed by atoms with Crippen LogP contribution in [0.5, 0.6) is 0 Å². The third kappa shape index (κ3) is 3.69. The standard InChI is InChI=1S/C10H14FN3O4S/c1-2-8(6-12)13-19(17,18)10-4-3-7(11)5-9(10)14(15)16/h3-5,8,13H,2,6,12H2,1H3. The number of rotatable bonds is 6. The SMILES string of the molecule is CCC(CN)NS(=O)(=O)c1ccc(F)cc1[N+](=O)[O-]. The van der Waals surface area contributed by atoms with E-state index in [0.29, 0.717) is 12.5 Å². The van der Waals surface area contributed by atoms with Crippen molar-refractivity contribution in [2.75, 3.05) is 6.54 Å². The van der Waals surface area contributed by atoms with E-state index >= 15 is 0 Å². The van der Waals surface area contributed by atoms with E-state index in [2.05, 4.69) is 4.72 Å². The monoisotopic (exact) mass is 291 g/mol. The number of nitrogens with one attached hydrogen (secondary N) is 1. The predicted molar refractivity (Wildman–Crippen MR) is 66.5 cm³/mol. The quantitative estimate of drug-likeness (QED) is 0.592. The fraction of sp³-hybridized carbons (Fsp3) is 0.400.